The van der Waals surface area contributed by atoms with Crippen molar-refractivity contribution in [3.63, 3.8) is 0 Å². The summed E-state index contributed by atoms with van der Waals surface area (Å²) in [6, 6.07) is 3.08. The molecule has 3 N–H and O–H groups in total. The standard InChI is InChI=1S/C11H14N2O5/c1-7(10(12)15)18-9(14)4-5-13-11(16)8-3-2-6-17-8/h2-3,6-7H,4-5H2,1H3,(H2,12,15)(H,13,16). The molecule has 0 saturated heterocycles. The van der Waals surface area contributed by atoms with Crippen LogP contribution in [-0.4, -0.2) is 30.4 Å². The highest BCUT2D eigenvalue weighted by Crippen LogP contribution is 1.99. The number of ether oxygens (including phenoxy) is 1. The number of amides is 2. The lowest BCUT2D eigenvalue weighted by molar-refractivity contribution is -0.153. The van der Waals surface area contributed by atoms with E-state index in [1.807, 2.05) is 0 Å². The fourth-order valence-electron chi connectivity index (χ4n) is 1.09. The van der Waals surface area contributed by atoms with Gasteiger partial charge in [-0.05, 0) is 19.1 Å². The van der Waals surface area contributed by atoms with E-state index in [0.717, 1.165) is 0 Å². The van der Waals surface area contributed by atoms with Crippen LogP contribution >= 0.6 is 0 Å². The SMILES string of the molecule is CC(OC(=O)CCNC(=O)c1ccco1)C(N)=O. The van der Waals surface area contributed by atoms with E-state index in [9.17, 15) is 14.4 Å². The Morgan fingerprint density at radius 2 is 2.22 bits per heavy atom. The normalized spacial score (nSPS) is 11.6. The van der Waals surface area contributed by atoms with E-state index >= 15 is 0 Å². The molecular weight excluding hydrogens is 240 g/mol. The molecule has 0 bridgehead atoms. The number of carbonyl (C=O) groups is 3. The number of esters is 1. The predicted molar refractivity (Wildman–Crippen MR) is 60.4 cm³/mol. The van der Waals surface area contributed by atoms with Crippen molar-refractivity contribution in [3.05, 3.63) is 24.2 Å². The van der Waals surface area contributed by atoms with Gasteiger partial charge in [0.25, 0.3) is 11.8 Å². The molecule has 1 aromatic heterocycles. The maximum Gasteiger partial charge on any atom is 0.308 e. The molecule has 2 amide bonds. The van der Waals surface area contributed by atoms with Crippen molar-refractivity contribution in [2.45, 2.75) is 19.4 Å². The number of hydrogen-bond acceptors (Lipinski definition) is 5. The van der Waals surface area contributed by atoms with Crippen LogP contribution in [-0.2, 0) is 14.3 Å². The van der Waals surface area contributed by atoms with Crippen molar-refractivity contribution in [1.82, 2.24) is 5.32 Å². The molecule has 18 heavy (non-hydrogen) atoms. The minimum absolute atomic E-state index is 0.0515. The third kappa shape index (κ3) is 4.28. The minimum Gasteiger partial charge on any atom is -0.459 e. The zero-order valence-corrected chi connectivity index (χ0v) is 9.84. The van der Waals surface area contributed by atoms with E-state index in [2.05, 4.69) is 5.32 Å². The maximum absolute atomic E-state index is 11.4. The Balaban J connectivity index is 2.24. The number of nitrogens with one attached hydrogen (secondary N) is 1. The molecule has 1 rings (SSSR count). The van der Waals surface area contributed by atoms with Crippen molar-refractivity contribution in [1.29, 1.82) is 0 Å². The van der Waals surface area contributed by atoms with Crippen LogP contribution in [0.1, 0.15) is 23.9 Å². The van der Waals surface area contributed by atoms with E-state index in [1.165, 1.54) is 19.3 Å². The summed E-state index contributed by atoms with van der Waals surface area (Å²) in [7, 11) is 0. The second-order valence-corrected chi connectivity index (χ2v) is 3.52. The van der Waals surface area contributed by atoms with Crippen LogP contribution in [0.5, 0.6) is 0 Å². The molecule has 0 aliphatic rings. The van der Waals surface area contributed by atoms with E-state index < -0.39 is 23.9 Å². The molecule has 7 heteroatoms. The van der Waals surface area contributed by atoms with Crippen molar-refractivity contribution in [2.24, 2.45) is 5.73 Å². The molecule has 1 unspecified atom stereocenters. The fraction of sp³-hybridized carbons (Fsp3) is 0.364. The summed E-state index contributed by atoms with van der Waals surface area (Å²) in [6.07, 6.45) is 0.347. The first-order valence-electron chi connectivity index (χ1n) is 5.31. The van der Waals surface area contributed by atoms with Gasteiger partial charge < -0.3 is 20.2 Å². The average Bonchev–Trinajstić information content (AvgIpc) is 2.81. The monoisotopic (exact) mass is 254 g/mol. The molecule has 98 valence electrons. The maximum atomic E-state index is 11.4. The topological polar surface area (TPSA) is 112 Å². The van der Waals surface area contributed by atoms with Crippen LogP contribution in [0.4, 0.5) is 0 Å². The van der Waals surface area contributed by atoms with Gasteiger partial charge in [-0.1, -0.05) is 0 Å². The minimum atomic E-state index is -0.974. The molecule has 0 fully saturated rings. The van der Waals surface area contributed by atoms with Crippen molar-refractivity contribution >= 4 is 17.8 Å². The van der Waals surface area contributed by atoms with Gasteiger partial charge >= 0.3 is 5.97 Å². The molecular formula is C11H14N2O5. The van der Waals surface area contributed by atoms with Crippen LogP contribution in [0.25, 0.3) is 0 Å². The smallest absolute Gasteiger partial charge is 0.308 e. The first-order chi connectivity index (χ1) is 8.50. The van der Waals surface area contributed by atoms with Gasteiger partial charge in [0.2, 0.25) is 0 Å². The Labute approximate surface area is 103 Å². The summed E-state index contributed by atoms with van der Waals surface area (Å²) < 4.78 is 9.56. The Kier molecular flexibility index (Phi) is 4.91. The lowest BCUT2D eigenvalue weighted by Gasteiger charge is -2.09. The number of carbonyl (C=O) groups excluding carboxylic acids is 3. The molecule has 1 atom stereocenters. The van der Waals surface area contributed by atoms with Gasteiger partial charge in [-0.15, -0.1) is 0 Å². The number of rotatable bonds is 6. The highest BCUT2D eigenvalue weighted by atomic mass is 16.5. The first-order valence-corrected chi connectivity index (χ1v) is 5.31. The lowest BCUT2D eigenvalue weighted by Crippen LogP contribution is -2.32. The zero-order valence-electron chi connectivity index (χ0n) is 9.84. The Morgan fingerprint density at radius 3 is 2.78 bits per heavy atom. The summed E-state index contributed by atoms with van der Waals surface area (Å²) in [4.78, 5) is 33.2. The second-order valence-electron chi connectivity index (χ2n) is 3.52. The quantitative estimate of drug-likeness (QED) is 0.684. The lowest BCUT2D eigenvalue weighted by atomic mass is 10.3. The Morgan fingerprint density at radius 1 is 1.50 bits per heavy atom. The van der Waals surface area contributed by atoms with Gasteiger partial charge in [-0.3, -0.25) is 14.4 Å². The number of hydrogen-bond donors (Lipinski definition) is 2. The fourth-order valence-corrected chi connectivity index (χ4v) is 1.09. The molecule has 0 aromatic carbocycles. The molecule has 0 saturated carbocycles. The van der Waals surface area contributed by atoms with E-state index in [-0.39, 0.29) is 18.7 Å². The summed E-state index contributed by atoms with van der Waals surface area (Å²) >= 11 is 0. The van der Waals surface area contributed by atoms with Gasteiger partial charge in [0.15, 0.2) is 11.9 Å². The highest BCUT2D eigenvalue weighted by Gasteiger charge is 2.14. The molecule has 0 aliphatic carbocycles. The largest absolute Gasteiger partial charge is 0.459 e. The number of furan rings is 1. The molecule has 0 aliphatic heterocycles. The predicted octanol–water partition coefficient (Wildman–Crippen LogP) is -0.183. The third-order valence-electron chi connectivity index (χ3n) is 2.07. The second kappa shape index (κ2) is 6.43. The first kappa shape index (κ1) is 13.8. The summed E-state index contributed by atoms with van der Waals surface area (Å²) in [6.45, 7) is 1.46. The van der Waals surface area contributed by atoms with Crippen LogP contribution in [0.15, 0.2) is 22.8 Å². The van der Waals surface area contributed by atoms with Crippen LogP contribution in [0, 0.1) is 0 Å². The van der Waals surface area contributed by atoms with Crippen LogP contribution < -0.4 is 11.1 Å². The molecule has 0 spiro atoms. The van der Waals surface area contributed by atoms with Crippen molar-refractivity contribution in [3.8, 4) is 0 Å². The number of nitrogens with two attached hydrogens (primary N) is 1. The van der Waals surface area contributed by atoms with Crippen molar-refractivity contribution < 1.29 is 23.5 Å². The van der Waals surface area contributed by atoms with Gasteiger partial charge in [-0.2, -0.15) is 0 Å². The Bertz CT molecular complexity index is 427. The summed E-state index contributed by atoms with van der Waals surface area (Å²) in [5, 5.41) is 2.47. The van der Waals surface area contributed by atoms with E-state index in [4.69, 9.17) is 14.9 Å². The molecule has 1 aromatic rings. The van der Waals surface area contributed by atoms with E-state index in [1.54, 1.807) is 6.07 Å². The van der Waals surface area contributed by atoms with E-state index in [0.29, 0.717) is 0 Å². The van der Waals surface area contributed by atoms with Gasteiger partial charge in [0.1, 0.15) is 0 Å². The molecule has 0 radical (unpaired) electrons. The van der Waals surface area contributed by atoms with Gasteiger partial charge in [0.05, 0.1) is 12.7 Å². The molecule has 1 heterocycles. The van der Waals surface area contributed by atoms with Gasteiger partial charge in [0, 0.05) is 6.54 Å². The number of primary amides is 1. The average molecular weight is 254 g/mol. The molecule has 7 nitrogen and oxygen atoms in total. The Hall–Kier alpha value is -2.31. The van der Waals surface area contributed by atoms with Crippen LogP contribution in [0.2, 0.25) is 0 Å². The zero-order chi connectivity index (χ0) is 13.5. The highest BCUT2D eigenvalue weighted by molar-refractivity contribution is 5.91. The van der Waals surface area contributed by atoms with Gasteiger partial charge in [-0.25, -0.2) is 0 Å². The summed E-state index contributed by atoms with van der Waals surface area (Å²) in [5.41, 5.74) is 4.93. The van der Waals surface area contributed by atoms with Crippen LogP contribution in [0.3, 0.4) is 0 Å². The summed E-state index contributed by atoms with van der Waals surface area (Å²) in [5.74, 6) is -1.59. The van der Waals surface area contributed by atoms with Crippen molar-refractivity contribution in [2.75, 3.05) is 6.54 Å². The third-order valence-corrected chi connectivity index (χ3v) is 2.07.